The zero-order chi connectivity index (χ0) is 7.40. The van der Waals surface area contributed by atoms with E-state index in [4.69, 9.17) is 15.2 Å². The molecule has 0 radical (unpaired) electrons. The fraction of sp³-hybridized carbons (Fsp3) is 1.00. The van der Waals surface area contributed by atoms with Crippen LogP contribution in [0.4, 0.5) is 0 Å². The van der Waals surface area contributed by atoms with Crippen molar-refractivity contribution in [2.24, 2.45) is 5.73 Å². The van der Waals surface area contributed by atoms with Gasteiger partial charge in [0.2, 0.25) is 0 Å². The van der Waals surface area contributed by atoms with Crippen molar-refractivity contribution in [1.82, 2.24) is 0 Å². The Morgan fingerprint density at radius 3 is 3.10 bits per heavy atom. The molecule has 2 atom stereocenters. The summed E-state index contributed by atoms with van der Waals surface area (Å²) in [6.07, 6.45) is 2.09. The molecule has 0 saturated carbocycles. The smallest absolute Gasteiger partial charge is 0.0819 e. The van der Waals surface area contributed by atoms with E-state index in [1.807, 2.05) is 0 Å². The summed E-state index contributed by atoms with van der Waals surface area (Å²) in [6.45, 7) is 1.48. The van der Waals surface area contributed by atoms with Crippen LogP contribution in [-0.2, 0) is 9.47 Å². The molecule has 0 amide bonds. The van der Waals surface area contributed by atoms with Crippen LogP contribution in [0.25, 0.3) is 0 Å². The molecule has 2 unspecified atom stereocenters. The third kappa shape index (κ3) is 2.25. The fourth-order valence-corrected chi connectivity index (χ4v) is 1.14. The highest BCUT2D eigenvalue weighted by molar-refractivity contribution is 4.71. The van der Waals surface area contributed by atoms with E-state index in [9.17, 15) is 0 Å². The first kappa shape index (κ1) is 7.98. The van der Waals surface area contributed by atoms with Crippen LogP contribution in [0.2, 0.25) is 0 Å². The van der Waals surface area contributed by atoms with Crippen molar-refractivity contribution >= 4 is 0 Å². The normalized spacial score (nSPS) is 35.4. The van der Waals surface area contributed by atoms with Gasteiger partial charge in [0.05, 0.1) is 12.7 Å². The van der Waals surface area contributed by atoms with Crippen molar-refractivity contribution in [2.75, 3.05) is 20.3 Å². The highest BCUT2D eigenvalue weighted by Gasteiger charge is 2.16. The first-order chi connectivity index (χ1) is 4.83. The van der Waals surface area contributed by atoms with Crippen molar-refractivity contribution in [3.63, 3.8) is 0 Å². The SMILES string of the molecule is COC1COCCC(N)C1. The van der Waals surface area contributed by atoms with Gasteiger partial charge in [-0.25, -0.2) is 0 Å². The summed E-state index contributed by atoms with van der Waals surface area (Å²) >= 11 is 0. The monoisotopic (exact) mass is 145 g/mol. The van der Waals surface area contributed by atoms with Crippen LogP contribution in [0.1, 0.15) is 12.8 Å². The fourth-order valence-electron chi connectivity index (χ4n) is 1.14. The Hall–Kier alpha value is -0.120. The molecule has 1 saturated heterocycles. The minimum Gasteiger partial charge on any atom is -0.379 e. The molecule has 0 aliphatic carbocycles. The van der Waals surface area contributed by atoms with Crippen molar-refractivity contribution in [3.05, 3.63) is 0 Å². The van der Waals surface area contributed by atoms with E-state index in [2.05, 4.69) is 0 Å². The highest BCUT2D eigenvalue weighted by atomic mass is 16.5. The van der Waals surface area contributed by atoms with Crippen LogP contribution in [0.3, 0.4) is 0 Å². The maximum atomic E-state index is 5.74. The summed E-state index contributed by atoms with van der Waals surface area (Å²) in [5.74, 6) is 0. The Morgan fingerprint density at radius 2 is 2.40 bits per heavy atom. The molecule has 2 N–H and O–H groups in total. The van der Waals surface area contributed by atoms with Gasteiger partial charge in [-0.2, -0.15) is 0 Å². The lowest BCUT2D eigenvalue weighted by molar-refractivity contribution is 0.0197. The molecule has 0 bridgehead atoms. The van der Waals surface area contributed by atoms with E-state index in [1.54, 1.807) is 7.11 Å². The van der Waals surface area contributed by atoms with Crippen LogP contribution >= 0.6 is 0 Å². The molecule has 0 aromatic rings. The lowest BCUT2D eigenvalue weighted by atomic mass is 10.1. The Labute approximate surface area is 61.5 Å². The first-order valence-electron chi connectivity index (χ1n) is 3.69. The lowest BCUT2D eigenvalue weighted by Crippen LogP contribution is -2.26. The Balaban J connectivity index is 2.30. The third-order valence-electron chi connectivity index (χ3n) is 1.84. The molecule has 0 aromatic carbocycles. The zero-order valence-corrected chi connectivity index (χ0v) is 6.38. The van der Waals surface area contributed by atoms with E-state index in [1.165, 1.54) is 0 Å². The van der Waals surface area contributed by atoms with Gasteiger partial charge >= 0.3 is 0 Å². The molecule has 1 heterocycles. The number of ether oxygens (including phenoxy) is 2. The largest absolute Gasteiger partial charge is 0.379 e. The zero-order valence-electron chi connectivity index (χ0n) is 6.38. The number of hydrogen-bond acceptors (Lipinski definition) is 3. The molecule has 0 aromatic heterocycles. The predicted molar refractivity (Wildman–Crippen MR) is 38.8 cm³/mol. The molecule has 1 rings (SSSR count). The number of methoxy groups -OCH3 is 1. The molecular formula is C7H15NO2. The van der Waals surface area contributed by atoms with Gasteiger partial charge in [0.15, 0.2) is 0 Å². The molecule has 0 spiro atoms. The average Bonchev–Trinajstić information content (AvgIpc) is 2.13. The van der Waals surface area contributed by atoms with Crippen molar-refractivity contribution in [2.45, 2.75) is 25.0 Å². The summed E-state index contributed by atoms with van der Waals surface area (Å²) < 4.78 is 10.4. The molecule has 3 nitrogen and oxygen atoms in total. The Morgan fingerprint density at radius 1 is 1.60 bits per heavy atom. The second kappa shape index (κ2) is 3.91. The highest BCUT2D eigenvalue weighted by Crippen LogP contribution is 2.08. The van der Waals surface area contributed by atoms with Crippen molar-refractivity contribution in [1.29, 1.82) is 0 Å². The summed E-state index contributed by atoms with van der Waals surface area (Å²) in [7, 11) is 1.70. The van der Waals surface area contributed by atoms with Gasteiger partial charge in [0.1, 0.15) is 0 Å². The van der Waals surface area contributed by atoms with E-state index in [0.29, 0.717) is 6.61 Å². The number of nitrogens with two attached hydrogens (primary N) is 1. The van der Waals surface area contributed by atoms with E-state index >= 15 is 0 Å². The minimum absolute atomic E-state index is 0.206. The second-order valence-electron chi connectivity index (χ2n) is 2.72. The molecule has 1 aliphatic heterocycles. The van der Waals surface area contributed by atoms with Gasteiger partial charge in [-0.3, -0.25) is 0 Å². The van der Waals surface area contributed by atoms with Crippen molar-refractivity contribution in [3.8, 4) is 0 Å². The summed E-state index contributed by atoms with van der Waals surface area (Å²) in [6, 6.07) is 0.257. The first-order valence-corrected chi connectivity index (χ1v) is 3.69. The van der Waals surface area contributed by atoms with E-state index in [-0.39, 0.29) is 12.1 Å². The minimum atomic E-state index is 0.206. The third-order valence-corrected chi connectivity index (χ3v) is 1.84. The Bertz CT molecular complexity index is 97.6. The van der Waals surface area contributed by atoms with Crippen LogP contribution in [0, 0.1) is 0 Å². The predicted octanol–water partition coefficient (Wildman–Crippen LogP) is 0.139. The standard InChI is InChI=1S/C7H15NO2/c1-9-7-4-6(8)2-3-10-5-7/h6-7H,2-5,8H2,1H3. The van der Waals surface area contributed by atoms with Crippen molar-refractivity contribution < 1.29 is 9.47 Å². The average molecular weight is 145 g/mol. The summed E-state index contributed by atoms with van der Waals surface area (Å²) in [4.78, 5) is 0. The molecule has 10 heavy (non-hydrogen) atoms. The van der Waals surface area contributed by atoms with Gasteiger partial charge in [-0.15, -0.1) is 0 Å². The van der Waals surface area contributed by atoms with Gasteiger partial charge < -0.3 is 15.2 Å². The lowest BCUT2D eigenvalue weighted by Gasteiger charge is -2.13. The topological polar surface area (TPSA) is 44.5 Å². The molecule has 1 fully saturated rings. The molecule has 1 aliphatic rings. The molecule has 60 valence electrons. The van der Waals surface area contributed by atoms with Gasteiger partial charge in [0, 0.05) is 19.8 Å². The van der Waals surface area contributed by atoms with Crippen LogP contribution < -0.4 is 5.73 Å². The summed E-state index contributed by atoms with van der Waals surface area (Å²) in [5, 5.41) is 0. The van der Waals surface area contributed by atoms with Crippen LogP contribution in [-0.4, -0.2) is 32.5 Å². The maximum Gasteiger partial charge on any atom is 0.0819 e. The number of hydrogen-bond donors (Lipinski definition) is 1. The maximum absolute atomic E-state index is 5.74. The second-order valence-corrected chi connectivity index (χ2v) is 2.72. The Kier molecular flexibility index (Phi) is 3.12. The molecule has 3 heteroatoms. The van der Waals surface area contributed by atoms with Gasteiger partial charge in [-0.05, 0) is 12.8 Å². The van der Waals surface area contributed by atoms with Crippen LogP contribution in [0.15, 0.2) is 0 Å². The number of rotatable bonds is 1. The molecular weight excluding hydrogens is 130 g/mol. The van der Waals surface area contributed by atoms with Crippen LogP contribution in [0.5, 0.6) is 0 Å². The van der Waals surface area contributed by atoms with Gasteiger partial charge in [0.25, 0.3) is 0 Å². The van der Waals surface area contributed by atoms with Gasteiger partial charge in [-0.1, -0.05) is 0 Å². The summed E-state index contributed by atoms with van der Waals surface area (Å²) in [5.41, 5.74) is 5.74. The quantitative estimate of drug-likeness (QED) is 0.570. The van der Waals surface area contributed by atoms with E-state index in [0.717, 1.165) is 19.4 Å². The van der Waals surface area contributed by atoms with E-state index < -0.39 is 0 Å².